The minimum Gasteiger partial charge on any atom is -0.504 e. The maximum absolute atomic E-state index is 10.8. The number of phenols is 1. The van der Waals surface area contributed by atoms with Crippen molar-refractivity contribution in [2.45, 2.75) is 19.1 Å². The number of rotatable bonds is 5. The van der Waals surface area contributed by atoms with Crippen LogP contribution in [0.25, 0.3) is 5.70 Å². The molecule has 154 valence electrons. The van der Waals surface area contributed by atoms with E-state index in [1.807, 2.05) is 61.5 Å². The molecule has 0 amide bonds. The highest BCUT2D eigenvalue weighted by molar-refractivity contribution is 9.10. The Kier molecular flexibility index (Phi) is 6.32. The zero-order valence-corrected chi connectivity index (χ0v) is 18.7. The Morgan fingerprint density at radius 3 is 2.57 bits per heavy atom. The molecule has 3 aromatic carbocycles. The highest BCUT2D eigenvalue weighted by Crippen LogP contribution is 2.38. The Morgan fingerprint density at radius 2 is 1.80 bits per heavy atom. The van der Waals surface area contributed by atoms with E-state index < -0.39 is 0 Å². The largest absolute Gasteiger partial charge is 0.504 e. The van der Waals surface area contributed by atoms with Crippen LogP contribution in [0, 0.1) is 0 Å². The van der Waals surface area contributed by atoms with Gasteiger partial charge in [0, 0.05) is 26.3 Å². The van der Waals surface area contributed by atoms with Crippen LogP contribution in [-0.2, 0) is 0 Å². The minimum absolute atomic E-state index is 0.140. The summed E-state index contributed by atoms with van der Waals surface area (Å²) in [6, 6.07) is 21.1. The van der Waals surface area contributed by atoms with Gasteiger partial charge in [0.05, 0.1) is 12.6 Å². The third kappa shape index (κ3) is 4.33. The summed E-state index contributed by atoms with van der Waals surface area (Å²) in [5.41, 5.74) is 3.66. The highest BCUT2D eigenvalue weighted by atomic mass is 79.9. The molecule has 0 radical (unpaired) electrons. The Morgan fingerprint density at radius 1 is 1.03 bits per heavy atom. The number of phenolic OH excluding ortho intramolecular Hbond substituents is 1. The van der Waals surface area contributed by atoms with Crippen LogP contribution in [0.1, 0.15) is 35.8 Å². The van der Waals surface area contributed by atoms with Crippen molar-refractivity contribution in [2.75, 3.05) is 6.61 Å². The zero-order valence-electron chi connectivity index (χ0n) is 16.4. The molecule has 0 bridgehead atoms. The van der Waals surface area contributed by atoms with Crippen molar-refractivity contribution in [1.29, 1.82) is 0 Å². The number of hydrogen-bond donors (Lipinski definition) is 3. The van der Waals surface area contributed by atoms with Gasteiger partial charge >= 0.3 is 0 Å². The van der Waals surface area contributed by atoms with E-state index in [1.165, 1.54) is 0 Å². The van der Waals surface area contributed by atoms with Gasteiger partial charge in [0.15, 0.2) is 11.5 Å². The van der Waals surface area contributed by atoms with Gasteiger partial charge in [-0.3, -0.25) is 5.32 Å². The fraction of sp³-hybridized carbons (Fsp3) is 0.167. The maximum Gasteiger partial charge on any atom is 0.162 e. The van der Waals surface area contributed by atoms with Crippen molar-refractivity contribution < 1.29 is 9.84 Å². The first-order valence-electron chi connectivity index (χ1n) is 9.76. The molecular formula is C24H22BrClN2O2. The lowest BCUT2D eigenvalue weighted by Gasteiger charge is -2.34. The van der Waals surface area contributed by atoms with Crippen LogP contribution in [0.15, 0.2) is 77.3 Å². The molecule has 1 aliphatic rings. The maximum atomic E-state index is 10.8. The molecule has 0 aliphatic carbocycles. The zero-order chi connectivity index (χ0) is 21.1. The van der Waals surface area contributed by atoms with Crippen molar-refractivity contribution in [1.82, 2.24) is 10.6 Å². The molecule has 6 heteroatoms. The summed E-state index contributed by atoms with van der Waals surface area (Å²) in [7, 11) is 0. The molecule has 0 saturated carbocycles. The number of aromatic hydroxyl groups is 1. The quantitative estimate of drug-likeness (QED) is 0.404. The predicted molar refractivity (Wildman–Crippen MR) is 125 cm³/mol. The van der Waals surface area contributed by atoms with Crippen LogP contribution in [0.3, 0.4) is 0 Å². The average Bonchev–Trinajstić information content (AvgIpc) is 2.75. The Hall–Kier alpha value is -2.47. The third-order valence-corrected chi connectivity index (χ3v) is 5.83. The number of para-hydroxylation sites is 1. The number of nitrogens with one attached hydrogen (secondary N) is 2. The van der Waals surface area contributed by atoms with Crippen molar-refractivity contribution in [3.8, 4) is 11.5 Å². The Balaban J connectivity index is 1.79. The molecule has 4 nitrogen and oxygen atoms in total. The molecule has 3 aromatic rings. The number of hydrogen-bond acceptors (Lipinski definition) is 4. The first-order valence-corrected chi connectivity index (χ1v) is 10.9. The summed E-state index contributed by atoms with van der Waals surface area (Å²) in [5, 5.41) is 18.6. The van der Waals surface area contributed by atoms with E-state index in [9.17, 15) is 5.11 Å². The first kappa shape index (κ1) is 20.8. The van der Waals surface area contributed by atoms with Gasteiger partial charge in [0.25, 0.3) is 0 Å². The van der Waals surface area contributed by atoms with Gasteiger partial charge in [0.2, 0.25) is 0 Å². The van der Waals surface area contributed by atoms with Gasteiger partial charge in [-0.1, -0.05) is 70.0 Å². The lowest BCUT2D eigenvalue weighted by atomic mass is 9.97. The second-order valence-corrected chi connectivity index (χ2v) is 8.28. The summed E-state index contributed by atoms with van der Waals surface area (Å²) in [6.07, 6.45) is 1.83. The highest BCUT2D eigenvalue weighted by Gasteiger charge is 2.27. The lowest BCUT2D eigenvalue weighted by molar-refractivity contribution is 0.314. The summed E-state index contributed by atoms with van der Waals surface area (Å²) < 4.78 is 6.58. The van der Waals surface area contributed by atoms with Gasteiger partial charge in [-0.15, -0.1) is 0 Å². The van der Waals surface area contributed by atoms with Crippen LogP contribution in [0.5, 0.6) is 11.5 Å². The van der Waals surface area contributed by atoms with Crippen LogP contribution in [0.2, 0.25) is 5.02 Å². The molecular weight excluding hydrogens is 464 g/mol. The van der Waals surface area contributed by atoms with Gasteiger partial charge in [0.1, 0.15) is 6.17 Å². The monoisotopic (exact) mass is 484 g/mol. The van der Waals surface area contributed by atoms with Crippen molar-refractivity contribution in [3.05, 3.63) is 99.0 Å². The van der Waals surface area contributed by atoms with Gasteiger partial charge < -0.3 is 15.2 Å². The number of ether oxygens (including phenoxy) is 1. The molecule has 0 aromatic heterocycles. The lowest BCUT2D eigenvalue weighted by Crippen LogP contribution is -2.39. The fourth-order valence-corrected chi connectivity index (χ4v) is 4.24. The SMILES string of the molecule is CCOc1cccc(C2C=C(c3cccc(Br)c3)NC(c3ccccc3Cl)N2)c1O. The molecule has 1 heterocycles. The normalized spacial score (nSPS) is 18.4. The van der Waals surface area contributed by atoms with Gasteiger partial charge in [-0.05, 0) is 42.8 Å². The summed E-state index contributed by atoms with van der Waals surface area (Å²) >= 11 is 10.0. The Labute approximate surface area is 189 Å². The van der Waals surface area contributed by atoms with Crippen LogP contribution in [0.4, 0.5) is 0 Å². The van der Waals surface area contributed by atoms with Crippen molar-refractivity contribution >= 4 is 33.2 Å². The van der Waals surface area contributed by atoms with E-state index in [4.69, 9.17) is 16.3 Å². The van der Waals surface area contributed by atoms with Crippen molar-refractivity contribution in [2.24, 2.45) is 0 Å². The number of halogens is 2. The average molecular weight is 486 g/mol. The predicted octanol–water partition coefficient (Wildman–Crippen LogP) is 6.18. The second kappa shape index (κ2) is 9.13. The summed E-state index contributed by atoms with van der Waals surface area (Å²) in [5.74, 6) is 0.614. The molecule has 0 spiro atoms. The standard InChI is InChI=1S/C24H22BrClN2O2/c1-2-30-22-12-6-10-18(23(22)29)21-14-20(15-7-5-8-16(25)13-15)27-24(28-21)17-9-3-4-11-19(17)26/h3-14,21,24,27-29H,2H2,1H3. The second-order valence-electron chi connectivity index (χ2n) is 6.96. The van der Waals surface area contributed by atoms with E-state index >= 15 is 0 Å². The Bertz CT molecular complexity index is 1090. The van der Waals surface area contributed by atoms with E-state index in [0.29, 0.717) is 17.4 Å². The summed E-state index contributed by atoms with van der Waals surface area (Å²) in [4.78, 5) is 0. The van der Waals surface area contributed by atoms with Crippen LogP contribution < -0.4 is 15.4 Å². The van der Waals surface area contributed by atoms with Gasteiger partial charge in [-0.25, -0.2) is 0 Å². The molecule has 0 saturated heterocycles. The number of benzene rings is 3. The first-order chi connectivity index (χ1) is 14.6. The van der Waals surface area contributed by atoms with Gasteiger partial charge in [-0.2, -0.15) is 0 Å². The van der Waals surface area contributed by atoms with E-state index in [2.05, 4.69) is 38.7 Å². The molecule has 2 atom stereocenters. The summed E-state index contributed by atoms with van der Waals surface area (Å²) in [6.45, 7) is 2.38. The fourth-order valence-electron chi connectivity index (χ4n) is 3.59. The van der Waals surface area contributed by atoms with Crippen LogP contribution >= 0.6 is 27.5 Å². The van der Waals surface area contributed by atoms with E-state index in [1.54, 1.807) is 6.07 Å². The topological polar surface area (TPSA) is 53.5 Å². The smallest absolute Gasteiger partial charge is 0.162 e. The molecule has 1 aliphatic heterocycles. The van der Waals surface area contributed by atoms with Crippen LogP contribution in [-0.4, -0.2) is 11.7 Å². The molecule has 0 fully saturated rings. The minimum atomic E-state index is -0.248. The molecule has 3 N–H and O–H groups in total. The third-order valence-electron chi connectivity index (χ3n) is 5.00. The van der Waals surface area contributed by atoms with E-state index in [-0.39, 0.29) is 18.0 Å². The molecule has 4 rings (SSSR count). The van der Waals surface area contributed by atoms with Crippen molar-refractivity contribution in [3.63, 3.8) is 0 Å². The van der Waals surface area contributed by atoms with E-state index in [0.717, 1.165) is 26.9 Å². The molecule has 30 heavy (non-hydrogen) atoms. The molecule has 2 unspecified atom stereocenters.